The van der Waals surface area contributed by atoms with Gasteiger partial charge in [0.15, 0.2) is 0 Å². The molecule has 4 rings (SSSR count). The molecule has 3 aromatic rings. The molecule has 1 heterocycles. The van der Waals surface area contributed by atoms with Crippen LogP contribution in [-0.4, -0.2) is 43.6 Å². The number of benzene rings is 3. The topological polar surface area (TPSA) is 137 Å². The number of fused-ring (bicyclic) bond motifs is 1. The molecule has 1 aliphatic rings. The third kappa shape index (κ3) is 7.57. The van der Waals surface area contributed by atoms with Gasteiger partial charge in [-0.25, -0.2) is 0 Å². The van der Waals surface area contributed by atoms with E-state index in [1.807, 2.05) is 41.5 Å². The Morgan fingerprint density at radius 3 is 1.82 bits per heavy atom. The van der Waals surface area contributed by atoms with E-state index in [4.69, 9.17) is 19.2 Å². The van der Waals surface area contributed by atoms with Crippen molar-refractivity contribution in [2.75, 3.05) is 25.7 Å². The predicted octanol–water partition coefficient (Wildman–Crippen LogP) is 7.65. The first-order chi connectivity index (χ1) is 22.7. The molecule has 2 unspecified atom stereocenters. The van der Waals surface area contributed by atoms with E-state index in [1.165, 1.54) is 12.1 Å². The number of halogens is 1. The van der Waals surface area contributed by atoms with Crippen LogP contribution in [0.2, 0.25) is 0 Å². The molecule has 0 saturated carbocycles. The summed E-state index contributed by atoms with van der Waals surface area (Å²) in [4.78, 5) is 42.0. The first-order valence-electron chi connectivity index (χ1n) is 15.9. The average molecular weight is 810 g/mol. The van der Waals surface area contributed by atoms with Crippen LogP contribution in [0, 0.1) is 3.57 Å². The van der Waals surface area contributed by atoms with Crippen LogP contribution in [0.4, 0.5) is 0 Å². The van der Waals surface area contributed by atoms with Gasteiger partial charge in [-0.3, -0.25) is 0 Å². The quantitative estimate of drug-likeness (QED) is 0.108. The molecule has 49 heavy (non-hydrogen) atoms. The van der Waals surface area contributed by atoms with Gasteiger partial charge in [0.2, 0.25) is 0 Å². The summed E-state index contributed by atoms with van der Waals surface area (Å²) < 4.78 is 44.2. The van der Waals surface area contributed by atoms with E-state index in [9.17, 15) is 22.6 Å². The zero-order valence-corrected chi connectivity index (χ0v) is 32.7. The number of hydrogen-bond donors (Lipinski definition) is 0. The van der Waals surface area contributed by atoms with Crippen LogP contribution in [0.25, 0.3) is 0 Å². The van der Waals surface area contributed by atoms with Crippen LogP contribution in [0.15, 0.2) is 66.7 Å². The molecular weight excluding hydrogens is 763 g/mol. The third-order valence-electron chi connectivity index (χ3n) is 7.93. The zero-order valence-electron chi connectivity index (χ0n) is 29.7. The fraction of sp³-hybridized carbons (Fsp3) is 0.432. The van der Waals surface area contributed by atoms with Crippen molar-refractivity contribution >= 4 is 47.7 Å². The molecule has 12 heteroatoms. The van der Waals surface area contributed by atoms with Gasteiger partial charge in [-0.15, -0.1) is 0 Å². The number of hydrogen-bond acceptors (Lipinski definition) is 10. The molecule has 0 fully saturated rings. The summed E-state index contributed by atoms with van der Waals surface area (Å²) in [5.41, 5.74) is -2.32. The van der Waals surface area contributed by atoms with Crippen LogP contribution in [0.5, 0.6) is 5.75 Å². The van der Waals surface area contributed by atoms with Crippen molar-refractivity contribution in [1.82, 2.24) is 0 Å². The van der Waals surface area contributed by atoms with Gasteiger partial charge in [0.05, 0.1) is 0 Å². The second-order valence-electron chi connectivity index (χ2n) is 14.0. The maximum absolute atomic E-state index is 14.7. The Morgan fingerprint density at radius 1 is 0.837 bits per heavy atom. The molecule has 0 radical (unpaired) electrons. The fourth-order valence-corrected chi connectivity index (χ4v) is 14.1. The van der Waals surface area contributed by atoms with Crippen molar-refractivity contribution in [3.05, 3.63) is 98.1 Å². The Kier molecular flexibility index (Phi) is 11.1. The van der Waals surface area contributed by atoms with Crippen LogP contribution in [0.3, 0.4) is 0 Å². The van der Waals surface area contributed by atoms with Gasteiger partial charge in [0, 0.05) is 0 Å². The van der Waals surface area contributed by atoms with Gasteiger partial charge in [-0.1, -0.05) is 0 Å². The Bertz CT molecular complexity index is 1720. The van der Waals surface area contributed by atoms with Crippen molar-refractivity contribution in [3.8, 4) is 5.75 Å². The summed E-state index contributed by atoms with van der Waals surface area (Å²) in [7, 11) is -3.00. The number of esters is 2. The molecule has 0 amide bonds. The van der Waals surface area contributed by atoms with Gasteiger partial charge in [-0.05, 0) is 0 Å². The molecular formula is C37H46IO10S-. The summed E-state index contributed by atoms with van der Waals surface area (Å²) in [6, 6.07) is 18.0. The number of carbonyl (C=O) groups is 3. The van der Waals surface area contributed by atoms with Crippen molar-refractivity contribution in [2.24, 2.45) is 0 Å². The average Bonchev–Trinajstić information content (AvgIpc) is 3.25. The standard InChI is InChI=1S/C37H47IO10S/c1-11-44-33(41)37(34(42)45-12-2,25-22-27(35(3,4)5)30(39)28(23-25)36(6,7)8)31(24-18-14-13-15-19-24)47-49(9,10)48-38(43)29-21-17-16-20-26(29)32(40)46-38/h13-23,31,39H,11-12H2,1-10H3/p-1. The molecule has 3 aromatic carbocycles. The number of ether oxygens (including phenoxy) is 2. The van der Waals surface area contributed by atoms with Gasteiger partial charge >= 0.3 is 297 Å². The minimum absolute atomic E-state index is 0.0858. The molecule has 0 saturated heterocycles. The van der Waals surface area contributed by atoms with E-state index in [2.05, 4.69) is 0 Å². The maximum atomic E-state index is 14.7. The van der Waals surface area contributed by atoms with E-state index < -0.39 is 70.1 Å². The number of carbonyl (C=O) groups excluding carboxylic acids is 3. The van der Waals surface area contributed by atoms with E-state index in [0.29, 0.717) is 16.7 Å². The first kappa shape index (κ1) is 38.5. The Labute approximate surface area is 295 Å². The normalized spacial score (nSPS) is 18.9. The summed E-state index contributed by atoms with van der Waals surface area (Å²) >= 11 is -5.18. The molecule has 268 valence electrons. The second-order valence-corrected chi connectivity index (χ2v) is 21.7. The Balaban J connectivity index is 2.07. The summed E-state index contributed by atoms with van der Waals surface area (Å²) in [5, 5.41) is 14.0. The van der Waals surface area contributed by atoms with Crippen molar-refractivity contribution < 1.29 is 41.8 Å². The Morgan fingerprint density at radius 2 is 1.33 bits per heavy atom. The van der Waals surface area contributed by atoms with Crippen molar-refractivity contribution in [2.45, 2.75) is 77.7 Å². The van der Waals surface area contributed by atoms with Crippen LogP contribution in [-0.2, 0) is 48.1 Å². The fourth-order valence-electron chi connectivity index (χ4n) is 5.65. The van der Waals surface area contributed by atoms with Gasteiger partial charge in [0.25, 0.3) is 0 Å². The van der Waals surface area contributed by atoms with Crippen LogP contribution in [0.1, 0.15) is 94.1 Å². The van der Waals surface area contributed by atoms with E-state index in [0.717, 1.165) is 0 Å². The van der Waals surface area contributed by atoms with Crippen LogP contribution < -0.4 is 5.11 Å². The zero-order chi connectivity index (χ0) is 36.6. The van der Waals surface area contributed by atoms with Crippen molar-refractivity contribution in [3.63, 3.8) is 0 Å². The summed E-state index contributed by atoms with van der Waals surface area (Å²) in [6.07, 6.45) is 1.60. The van der Waals surface area contributed by atoms with E-state index >= 15 is 0 Å². The van der Waals surface area contributed by atoms with Gasteiger partial charge in [0.1, 0.15) is 0 Å². The van der Waals surface area contributed by atoms with Gasteiger partial charge < -0.3 is 0 Å². The number of rotatable bonds is 11. The molecule has 1 aliphatic heterocycles. The molecule has 0 aromatic heterocycles. The summed E-state index contributed by atoms with van der Waals surface area (Å²) in [5.74, 6) is -2.91. The van der Waals surface area contributed by atoms with E-state index in [-0.39, 0.29) is 33.7 Å². The van der Waals surface area contributed by atoms with Crippen LogP contribution >= 0.6 is 29.8 Å². The Hall–Kier alpha value is -3.33. The first-order valence-corrected chi connectivity index (χ1v) is 21.9. The van der Waals surface area contributed by atoms with Gasteiger partial charge in [-0.2, -0.15) is 0 Å². The van der Waals surface area contributed by atoms with E-state index in [1.54, 1.807) is 81.0 Å². The molecule has 10 nitrogen and oxygen atoms in total. The van der Waals surface area contributed by atoms with Crippen molar-refractivity contribution in [1.29, 1.82) is 0 Å². The molecule has 0 bridgehead atoms. The molecule has 0 N–H and O–H groups in total. The third-order valence-corrected chi connectivity index (χ3v) is 16.4. The minimum atomic E-state index is -5.18. The second kappa shape index (κ2) is 14.1. The molecule has 2 atom stereocenters. The predicted molar refractivity (Wildman–Crippen MR) is 194 cm³/mol. The molecule has 0 spiro atoms. The molecule has 0 aliphatic carbocycles. The monoisotopic (exact) mass is 809 g/mol. The summed E-state index contributed by atoms with van der Waals surface area (Å²) in [6.45, 7) is 14.3. The SMILES string of the molecule is CCOC(=O)C(C(=O)OCC)(c1cc(C(C)(C)C)c([O-])c(C(C)(C)C)c1)C(OS(C)(C)OI1(=O)OC(=O)c2ccccc21)c1ccccc1.